The SMILES string of the molecule is c1ccc(CCn2cncc2C2CCNCC2)nc1. The van der Waals surface area contributed by atoms with Crippen LogP contribution < -0.4 is 5.32 Å². The van der Waals surface area contributed by atoms with Crippen LogP contribution in [0.4, 0.5) is 0 Å². The van der Waals surface area contributed by atoms with Crippen molar-refractivity contribution in [1.29, 1.82) is 0 Å². The van der Waals surface area contributed by atoms with Gasteiger partial charge in [0.05, 0.1) is 6.33 Å². The summed E-state index contributed by atoms with van der Waals surface area (Å²) in [6, 6.07) is 6.09. The summed E-state index contributed by atoms with van der Waals surface area (Å²) >= 11 is 0. The Morgan fingerprint density at radius 2 is 2.16 bits per heavy atom. The Labute approximate surface area is 113 Å². The van der Waals surface area contributed by atoms with Gasteiger partial charge in [0.25, 0.3) is 0 Å². The first-order valence-corrected chi connectivity index (χ1v) is 7.04. The normalized spacial score (nSPS) is 16.6. The van der Waals surface area contributed by atoms with Gasteiger partial charge in [0.1, 0.15) is 0 Å². The van der Waals surface area contributed by atoms with Crippen molar-refractivity contribution in [2.24, 2.45) is 0 Å². The van der Waals surface area contributed by atoms with Crippen LogP contribution >= 0.6 is 0 Å². The largest absolute Gasteiger partial charge is 0.334 e. The minimum Gasteiger partial charge on any atom is -0.334 e. The maximum absolute atomic E-state index is 4.38. The monoisotopic (exact) mass is 256 g/mol. The molecule has 0 radical (unpaired) electrons. The van der Waals surface area contributed by atoms with Crippen LogP contribution in [0, 0.1) is 0 Å². The van der Waals surface area contributed by atoms with Crippen molar-refractivity contribution in [2.45, 2.75) is 31.7 Å². The summed E-state index contributed by atoms with van der Waals surface area (Å²) in [4.78, 5) is 8.71. The number of imidazole rings is 1. The summed E-state index contributed by atoms with van der Waals surface area (Å²) in [6.45, 7) is 3.21. The lowest BCUT2D eigenvalue weighted by Gasteiger charge is -2.23. The zero-order valence-electron chi connectivity index (χ0n) is 11.1. The van der Waals surface area contributed by atoms with E-state index in [0.717, 1.165) is 31.7 Å². The van der Waals surface area contributed by atoms with Crippen molar-refractivity contribution in [3.05, 3.63) is 48.3 Å². The second kappa shape index (κ2) is 5.97. The van der Waals surface area contributed by atoms with Crippen LogP contribution in [0.1, 0.15) is 30.1 Å². The molecular weight excluding hydrogens is 236 g/mol. The Kier molecular flexibility index (Phi) is 3.89. The molecule has 4 nitrogen and oxygen atoms in total. The second-order valence-electron chi connectivity index (χ2n) is 5.11. The fourth-order valence-corrected chi connectivity index (χ4v) is 2.76. The second-order valence-corrected chi connectivity index (χ2v) is 5.11. The summed E-state index contributed by atoms with van der Waals surface area (Å²) in [6.07, 6.45) is 9.26. The van der Waals surface area contributed by atoms with Gasteiger partial charge in [-0.25, -0.2) is 4.98 Å². The fourth-order valence-electron chi connectivity index (χ4n) is 2.76. The molecule has 0 unspecified atom stereocenters. The van der Waals surface area contributed by atoms with Gasteiger partial charge < -0.3 is 9.88 Å². The average molecular weight is 256 g/mol. The number of aryl methyl sites for hydroxylation is 2. The number of hydrogen-bond acceptors (Lipinski definition) is 3. The molecule has 0 spiro atoms. The topological polar surface area (TPSA) is 42.7 Å². The lowest BCUT2D eigenvalue weighted by atomic mass is 9.95. The van der Waals surface area contributed by atoms with Gasteiger partial charge in [0, 0.05) is 42.7 Å². The molecule has 3 rings (SSSR count). The van der Waals surface area contributed by atoms with Crippen LogP contribution in [-0.4, -0.2) is 27.6 Å². The molecular formula is C15H20N4. The predicted molar refractivity (Wildman–Crippen MR) is 75.0 cm³/mol. The summed E-state index contributed by atoms with van der Waals surface area (Å²) in [5.41, 5.74) is 2.53. The molecule has 1 saturated heterocycles. The molecule has 1 aliphatic rings. The molecule has 0 aliphatic carbocycles. The van der Waals surface area contributed by atoms with Crippen molar-refractivity contribution < 1.29 is 0 Å². The molecule has 0 bridgehead atoms. The Bertz CT molecular complexity index is 500. The highest BCUT2D eigenvalue weighted by atomic mass is 15.0. The third kappa shape index (κ3) is 3.01. The minimum absolute atomic E-state index is 0.660. The number of nitrogens with one attached hydrogen (secondary N) is 1. The van der Waals surface area contributed by atoms with Gasteiger partial charge in [0.15, 0.2) is 0 Å². The van der Waals surface area contributed by atoms with E-state index in [1.54, 1.807) is 0 Å². The van der Waals surface area contributed by atoms with E-state index in [0.29, 0.717) is 5.92 Å². The molecule has 0 aromatic carbocycles. The molecule has 1 fully saturated rings. The van der Waals surface area contributed by atoms with E-state index in [9.17, 15) is 0 Å². The summed E-state index contributed by atoms with van der Waals surface area (Å²) in [5.74, 6) is 0.660. The highest BCUT2D eigenvalue weighted by Gasteiger charge is 2.18. The molecule has 3 heterocycles. The Hall–Kier alpha value is -1.68. The lowest BCUT2D eigenvalue weighted by molar-refractivity contribution is 0.438. The van der Waals surface area contributed by atoms with E-state index in [1.807, 2.05) is 30.9 Å². The number of aromatic nitrogens is 3. The van der Waals surface area contributed by atoms with E-state index < -0.39 is 0 Å². The Morgan fingerprint density at radius 1 is 1.26 bits per heavy atom. The Balaban J connectivity index is 1.66. The molecule has 2 aromatic heterocycles. The number of pyridine rings is 1. The van der Waals surface area contributed by atoms with E-state index in [1.165, 1.54) is 18.5 Å². The molecule has 4 heteroatoms. The number of rotatable bonds is 4. The summed E-state index contributed by atoms with van der Waals surface area (Å²) in [5, 5.41) is 3.41. The molecule has 100 valence electrons. The third-order valence-electron chi connectivity index (χ3n) is 3.84. The molecule has 19 heavy (non-hydrogen) atoms. The van der Waals surface area contributed by atoms with Crippen LogP contribution in [0.15, 0.2) is 36.9 Å². The van der Waals surface area contributed by atoms with E-state index in [4.69, 9.17) is 0 Å². The van der Waals surface area contributed by atoms with Crippen LogP contribution in [0.3, 0.4) is 0 Å². The van der Waals surface area contributed by atoms with Crippen molar-refractivity contribution in [2.75, 3.05) is 13.1 Å². The summed E-state index contributed by atoms with van der Waals surface area (Å²) < 4.78 is 2.30. The third-order valence-corrected chi connectivity index (χ3v) is 3.84. The molecule has 0 amide bonds. The van der Waals surface area contributed by atoms with Gasteiger partial charge in [0.2, 0.25) is 0 Å². The molecule has 1 N–H and O–H groups in total. The van der Waals surface area contributed by atoms with E-state index in [-0.39, 0.29) is 0 Å². The first kappa shape index (κ1) is 12.4. The van der Waals surface area contributed by atoms with Gasteiger partial charge in [-0.15, -0.1) is 0 Å². The highest BCUT2D eigenvalue weighted by Crippen LogP contribution is 2.24. The Morgan fingerprint density at radius 3 is 2.95 bits per heavy atom. The van der Waals surface area contributed by atoms with Gasteiger partial charge in [-0.3, -0.25) is 4.98 Å². The first-order valence-electron chi connectivity index (χ1n) is 7.04. The average Bonchev–Trinajstić information content (AvgIpc) is 2.95. The summed E-state index contributed by atoms with van der Waals surface area (Å²) in [7, 11) is 0. The smallest absolute Gasteiger partial charge is 0.0948 e. The van der Waals surface area contributed by atoms with Gasteiger partial charge in [-0.2, -0.15) is 0 Å². The van der Waals surface area contributed by atoms with Gasteiger partial charge in [-0.1, -0.05) is 6.07 Å². The van der Waals surface area contributed by atoms with Crippen LogP contribution in [-0.2, 0) is 13.0 Å². The van der Waals surface area contributed by atoms with Gasteiger partial charge in [-0.05, 0) is 38.1 Å². The highest BCUT2D eigenvalue weighted by molar-refractivity contribution is 5.09. The quantitative estimate of drug-likeness (QED) is 0.909. The van der Waals surface area contributed by atoms with Crippen molar-refractivity contribution in [3.8, 4) is 0 Å². The molecule has 2 aromatic rings. The lowest BCUT2D eigenvalue weighted by Crippen LogP contribution is -2.27. The fraction of sp³-hybridized carbons (Fsp3) is 0.467. The standard InChI is InChI=1S/C15H20N4/c1-2-7-18-14(3-1)6-10-19-12-17-11-15(19)13-4-8-16-9-5-13/h1-3,7,11-13,16H,4-6,8-10H2. The number of hydrogen-bond donors (Lipinski definition) is 1. The van der Waals surface area contributed by atoms with Crippen LogP contribution in [0.5, 0.6) is 0 Å². The van der Waals surface area contributed by atoms with Crippen molar-refractivity contribution >= 4 is 0 Å². The van der Waals surface area contributed by atoms with Crippen molar-refractivity contribution in [1.82, 2.24) is 19.9 Å². The predicted octanol–water partition coefficient (Wildman–Crippen LogP) is 1.99. The number of piperidine rings is 1. The molecule has 0 atom stereocenters. The minimum atomic E-state index is 0.660. The van der Waals surface area contributed by atoms with E-state index in [2.05, 4.69) is 25.9 Å². The maximum atomic E-state index is 4.38. The van der Waals surface area contributed by atoms with Gasteiger partial charge >= 0.3 is 0 Å². The van der Waals surface area contributed by atoms with Crippen molar-refractivity contribution in [3.63, 3.8) is 0 Å². The zero-order valence-corrected chi connectivity index (χ0v) is 11.1. The van der Waals surface area contributed by atoms with Crippen LogP contribution in [0.2, 0.25) is 0 Å². The zero-order chi connectivity index (χ0) is 12.9. The molecule has 0 saturated carbocycles. The van der Waals surface area contributed by atoms with Crippen LogP contribution in [0.25, 0.3) is 0 Å². The van der Waals surface area contributed by atoms with E-state index >= 15 is 0 Å². The maximum Gasteiger partial charge on any atom is 0.0948 e. The molecule has 1 aliphatic heterocycles. The first-order chi connectivity index (χ1) is 9.43. The number of nitrogens with zero attached hydrogens (tertiary/aromatic N) is 3.